The summed E-state index contributed by atoms with van der Waals surface area (Å²) in [6.07, 6.45) is 2.58. The molecule has 1 amide bonds. The van der Waals surface area contributed by atoms with Gasteiger partial charge in [-0.25, -0.2) is 5.90 Å². The molecule has 0 saturated carbocycles. The zero-order chi connectivity index (χ0) is 10.7. The van der Waals surface area contributed by atoms with Gasteiger partial charge in [0, 0.05) is 32.2 Å². The summed E-state index contributed by atoms with van der Waals surface area (Å²) in [5.74, 6) is 5.51. The Hall–Kier alpha value is -0.650. The molecule has 0 aromatic carbocycles. The van der Waals surface area contributed by atoms with Crippen LogP contribution in [0.15, 0.2) is 0 Å². The largest absolute Gasteiger partial charge is 0.381 e. The van der Waals surface area contributed by atoms with Crippen LogP contribution < -0.4 is 5.90 Å². The van der Waals surface area contributed by atoms with Gasteiger partial charge in [-0.3, -0.25) is 9.63 Å². The van der Waals surface area contributed by atoms with Gasteiger partial charge in [-0.1, -0.05) is 0 Å². The highest BCUT2D eigenvalue weighted by Gasteiger charge is 2.31. The molecule has 5 nitrogen and oxygen atoms in total. The quantitative estimate of drug-likeness (QED) is 0.652. The molecule has 2 rings (SSSR count). The van der Waals surface area contributed by atoms with Crippen molar-refractivity contribution in [3.8, 4) is 0 Å². The number of carbonyl (C=O) groups excluding carboxylic acids is 1. The first-order chi connectivity index (χ1) is 7.31. The number of likely N-dealkylation sites (tertiary alicyclic amines) is 1. The topological polar surface area (TPSA) is 64.8 Å². The number of amides is 1. The van der Waals surface area contributed by atoms with E-state index >= 15 is 0 Å². The van der Waals surface area contributed by atoms with Crippen LogP contribution in [-0.4, -0.2) is 43.2 Å². The van der Waals surface area contributed by atoms with Crippen molar-refractivity contribution >= 4 is 5.91 Å². The van der Waals surface area contributed by atoms with Crippen molar-refractivity contribution < 1.29 is 14.4 Å². The molecule has 5 heteroatoms. The molecule has 2 saturated heterocycles. The third kappa shape index (κ3) is 2.48. The minimum atomic E-state index is 0.0220. The first kappa shape index (κ1) is 10.9. The average Bonchev–Trinajstić information content (AvgIpc) is 2.78. The Bertz CT molecular complexity index is 229. The van der Waals surface area contributed by atoms with Gasteiger partial charge in [0.05, 0.1) is 6.10 Å². The lowest BCUT2D eigenvalue weighted by molar-refractivity contribution is -0.138. The Kier molecular flexibility index (Phi) is 3.56. The first-order valence-corrected chi connectivity index (χ1v) is 5.53. The van der Waals surface area contributed by atoms with E-state index in [4.69, 9.17) is 15.5 Å². The maximum atomic E-state index is 12.0. The van der Waals surface area contributed by atoms with Gasteiger partial charge in [0.25, 0.3) is 0 Å². The molecule has 2 fully saturated rings. The van der Waals surface area contributed by atoms with Crippen molar-refractivity contribution in [1.29, 1.82) is 0 Å². The lowest BCUT2D eigenvalue weighted by atomic mass is 9.99. The molecule has 1 atom stereocenters. The molecular formula is C10H18N2O3. The third-order valence-corrected chi connectivity index (χ3v) is 3.22. The predicted molar refractivity (Wildman–Crippen MR) is 53.8 cm³/mol. The zero-order valence-corrected chi connectivity index (χ0v) is 8.85. The van der Waals surface area contributed by atoms with Gasteiger partial charge in [-0.2, -0.15) is 0 Å². The number of hydrogen-bond acceptors (Lipinski definition) is 4. The van der Waals surface area contributed by atoms with Crippen molar-refractivity contribution in [2.24, 2.45) is 11.8 Å². The van der Waals surface area contributed by atoms with Gasteiger partial charge in [0.2, 0.25) is 5.91 Å². The number of nitrogens with two attached hydrogens (primary N) is 1. The number of carbonyl (C=O) groups is 1. The predicted octanol–water partition coefficient (Wildman–Crippen LogP) is -0.0958. The smallest absolute Gasteiger partial charge is 0.225 e. The molecule has 1 unspecified atom stereocenters. The Morgan fingerprint density at radius 1 is 1.33 bits per heavy atom. The van der Waals surface area contributed by atoms with Gasteiger partial charge < -0.3 is 9.64 Å². The monoisotopic (exact) mass is 214 g/mol. The molecule has 2 aliphatic rings. The van der Waals surface area contributed by atoms with Crippen molar-refractivity contribution in [1.82, 2.24) is 4.90 Å². The molecule has 2 N–H and O–H groups in total. The van der Waals surface area contributed by atoms with E-state index in [0.717, 1.165) is 25.8 Å². The normalized spacial score (nSPS) is 28.3. The van der Waals surface area contributed by atoms with Gasteiger partial charge in [-0.05, 0) is 19.3 Å². The number of nitrogens with zero attached hydrogens (tertiary/aromatic N) is 1. The van der Waals surface area contributed by atoms with Crippen LogP contribution in [0.1, 0.15) is 19.3 Å². The molecule has 86 valence electrons. The Labute approximate surface area is 89.5 Å². The van der Waals surface area contributed by atoms with E-state index in [9.17, 15) is 4.79 Å². The highest BCUT2D eigenvalue weighted by Crippen LogP contribution is 2.21. The molecule has 0 aromatic heterocycles. The number of ether oxygens (including phenoxy) is 1. The van der Waals surface area contributed by atoms with Crippen LogP contribution in [0.4, 0.5) is 0 Å². The number of rotatable bonds is 2. The summed E-state index contributed by atoms with van der Waals surface area (Å²) in [5, 5.41) is 0. The summed E-state index contributed by atoms with van der Waals surface area (Å²) in [6, 6.07) is 0. The van der Waals surface area contributed by atoms with Crippen LogP contribution in [0.25, 0.3) is 0 Å². The van der Waals surface area contributed by atoms with E-state index in [2.05, 4.69) is 0 Å². The van der Waals surface area contributed by atoms with Crippen LogP contribution in [-0.2, 0) is 14.4 Å². The molecule has 15 heavy (non-hydrogen) atoms. The van der Waals surface area contributed by atoms with E-state index in [-0.39, 0.29) is 17.9 Å². The van der Waals surface area contributed by atoms with E-state index in [0.29, 0.717) is 19.8 Å². The van der Waals surface area contributed by atoms with Crippen LogP contribution in [0.3, 0.4) is 0 Å². The van der Waals surface area contributed by atoms with Crippen molar-refractivity contribution in [2.75, 3.05) is 26.3 Å². The summed E-state index contributed by atoms with van der Waals surface area (Å²) in [6.45, 7) is 2.84. The van der Waals surface area contributed by atoms with Gasteiger partial charge >= 0.3 is 0 Å². The Morgan fingerprint density at radius 3 is 2.67 bits per heavy atom. The maximum Gasteiger partial charge on any atom is 0.225 e. The van der Waals surface area contributed by atoms with E-state index in [1.165, 1.54) is 0 Å². The van der Waals surface area contributed by atoms with Crippen LogP contribution >= 0.6 is 0 Å². The lowest BCUT2D eigenvalue weighted by Gasteiger charge is -2.26. The second kappa shape index (κ2) is 4.92. The van der Waals surface area contributed by atoms with Crippen LogP contribution in [0.5, 0.6) is 0 Å². The molecule has 2 heterocycles. The zero-order valence-electron chi connectivity index (χ0n) is 8.85. The fraction of sp³-hybridized carbons (Fsp3) is 0.900. The highest BCUT2D eigenvalue weighted by atomic mass is 16.6. The second-order valence-corrected chi connectivity index (χ2v) is 4.22. The van der Waals surface area contributed by atoms with Gasteiger partial charge in [0.15, 0.2) is 0 Å². The Balaban J connectivity index is 1.85. The second-order valence-electron chi connectivity index (χ2n) is 4.22. The fourth-order valence-electron chi connectivity index (χ4n) is 2.24. The van der Waals surface area contributed by atoms with Crippen LogP contribution in [0, 0.1) is 5.92 Å². The first-order valence-electron chi connectivity index (χ1n) is 5.53. The van der Waals surface area contributed by atoms with Crippen LogP contribution in [0.2, 0.25) is 0 Å². The molecular weight excluding hydrogens is 196 g/mol. The maximum absolute atomic E-state index is 12.0. The standard InChI is InChI=1S/C10H18N2O3/c11-15-9-1-4-12(7-9)10(13)8-2-5-14-6-3-8/h8-9H,1-7,11H2. The average molecular weight is 214 g/mol. The molecule has 0 bridgehead atoms. The highest BCUT2D eigenvalue weighted by molar-refractivity contribution is 5.79. The van der Waals surface area contributed by atoms with Crippen molar-refractivity contribution in [3.63, 3.8) is 0 Å². The van der Waals surface area contributed by atoms with Crippen molar-refractivity contribution in [2.45, 2.75) is 25.4 Å². The molecule has 2 aliphatic heterocycles. The van der Waals surface area contributed by atoms with E-state index < -0.39 is 0 Å². The summed E-state index contributed by atoms with van der Waals surface area (Å²) in [4.78, 5) is 18.7. The molecule has 0 aromatic rings. The summed E-state index contributed by atoms with van der Waals surface area (Å²) in [5.41, 5.74) is 0. The lowest BCUT2D eigenvalue weighted by Crippen LogP contribution is -2.38. The number of hydrogen-bond donors (Lipinski definition) is 1. The summed E-state index contributed by atoms with van der Waals surface area (Å²) in [7, 11) is 0. The van der Waals surface area contributed by atoms with E-state index in [1.807, 2.05) is 4.90 Å². The Morgan fingerprint density at radius 2 is 2.07 bits per heavy atom. The summed E-state index contributed by atoms with van der Waals surface area (Å²) >= 11 is 0. The molecule has 0 radical (unpaired) electrons. The van der Waals surface area contributed by atoms with Gasteiger partial charge in [0.1, 0.15) is 0 Å². The third-order valence-electron chi connectivity index (χ3n) is 3.22. The van der Waals surface area contributed by atoms with Gasteiger partial charge in [-0.15, -0.1) is 0 Å². The molecule has 0 aliphatic carbocycles. The SMILES string of the molecule is NOC1CCN(C(=O)C2CCOCC2)C1. The summed E-state index contributed by atoms with van der Waals surface area (Å²) < 4.78 is 5.24. The minimum absolute atomic E-state index is 0.0220. The van der Waals surface area contributed by atoms with Crippen molar-refractivity contribution in [3.05, 3.63) is 0 Å². The minimum Gasteiger partial charge on any atom is -0.381 e. The fourth-order valence-corrected chi connectivity index (χ4v) is 2.24. The van der Waals surface area contributed by atoms with E-state index in [1.54, 1.807) is 0 Å². The molecule has 0 spiro atoms.